The number of ether oxygens (including phenoxy) is 1. The molecule has 4 nitrogen and oxygen atoms in total. The molecule has 0 amide bonds. The third-order valence-corrected chi connectivity index (χ3v) is 1.87. The molecule has 7 heteroatoms. The molecule has 0 bridgehead atoms. The molecule has 1 aromatic rings. The molecule has 0 aromatic heterocycles. The van der Waals surface area contributed by atoms with Gasteiger partial charge in [-0.25, -0.2) is 4.79 Å². The van der Waals surface area contributed by atoms with E-state index in [2.05, 4.69) is 4.74 Å². The fourth-order valence-electron chi connectivity index (χ4n) is 0.930. The summed E-state index contributed by atoms with van der Waals surface area (Å²) < 4.78 is 27.8. The number of hydrogen-bond acceptors (Lipinski definition) is 3. The summed E-state index contributed by atoms with van der Waals surface area (Å²) >= 11 is 5.54. The van der Waals surface area contributed by atoms with Crippen molar-refractivity contribution in [2.24, 2.45) is 0 Å². The SMILES string of the molecule is Nc1cc(OC(F)F)c(C(=O)O)cc1Cl. The summed E-state index contributed by atoms with van der Waals surface area (Å²) in [6.45, 7) is -3.12. The predicted octanol–water partition coefficient (Wildman–Crippen LogP) is 2.22. The van der Waals surface area contributed by atoms with E-state index in [-0.39, 0.29) is 10.7 Å². The average Bonchev–Trinajstić information content (AvgIpc) is 2.09. The Labute approximate surface area is 88.2 Å². The maximum Gasteiger partial charge on any atom is 0.387 e. The van der Waals surface area contributed by atoms with Gasteiger partial charge >= 0.3 is 12.6 Å². The summed E-state index contributed by atoms with van der Waals surface area (Å²) in [4.78, 5) is 10.6. The molecule has 0 fully saturated rings. The van der Waals surface area contributed by atoms with Crippen molar-refractivity contribution in [3.8, 4) is 5.75 Å². The lowest BCUT2D eigenvalue weighted by Crippen LogP contribution is -2.08. The zero-order valence-corrected chi connectivity index (χ0v) is 7.96. The van der Waals surface area contributed by atoms with Crippen molar-refractivity contribution in [2.45, 2.75) is 6.61 Å². The second-order valence-corrected chi connectivity index (χ2v) is 2.96. The zero-order chi connectivity index (χ0) is 11.6. The fraction of sp³-hybridized carbons (Fsp3) is 0.125. The Morgan fingerprint density at radius 2 is 2.13 bits per heavy atom. The summed E-state index contributed by atoms with van der Waals surface area (Å²) in [6, 6.07) is 1.90. The molecule has 15 heavy (non-hydrogen) atoms. The Morgan fingerprint density at radius 3 is 2.60 bits per heavy atom. The number of alkyl halides is 2. The number of carboxylic acids is 1. The van der Waals surface area contributed by atoms with Crippen LogP contribution in [-0.4, -0.2) is 17.7 Å². The van der Waals surface area contributed by atoms with Crippen molar-refractivity contribution >= 4 is 23.3 Å². The van der Waals surface area contributed by atoms with Crippen LogP contribution in [0.5, 0.6) is 5.75 Å². The lowest BCUT2D eigenvalue weighted by molar-refractivity contribution is -0.0502. The van der Waals surface area contributed by atoms with Crippen LogP contribution < -0.4 is 10.5 Å². The maximum absolute atomic E-state index is 11.9. The standard InChI is InChI=1S/C8H6ClF2NO3/c9-4-1-3(7(13)14)6(2-5(4)12)15-8(10)11/h1-2,8H,12H2,(H,13,14). The van der Waals surface area contributed by atoms with Crippen LogP contribution in [0, 0.1) is 0 Å². The van der Waals surface area contributed by atoms with Crippen molar-refractivity contribution in [3.63, 3.8) is 0 Å². The molecule has 0 aliphatic rings. The van der Waals surface area contributed by atoms with Crippen LogP contribution in [0.15, 0.2) is 12.1 Å². The number of rotatable bonds is 3. The smallest absolute Gasteiger partial charge is 0.387 e. The molecule has 0 radical (unpaired) electrons. The van der Waals surface area contributed by atoms with Gasteiger partial charge < -0.3 is 15.6 Å². The van der Waals surface area contributed by atoms with Crippen molar-refractivity contribution < 1.29 is 23.4 Å². The highest BCUT2D eigenvalue weighted by Gasteiger charge is 2.17. The Hall–Kier alpha value is -1.56. The summed E-state index contributed by atoms with van der Waals surface area (Å²) in [5, 5.41) is 8.64. The average molecular weight is 238 g/mol. The van der Waals surface area contributed by atoms with Gasteiger partial charge in [-0.3, -0.25) is 0 Å². The van der Waals surface area contributed by atoms with Crippen LogP contribution in [0.3, 0.4) is 0 Å². The van der Waals surface area contributed by atoms with Gasteiger partial charge in [0, 0.05) is 6.07 Å². The second kappa shape index (κ2) is 4.31. The lowest BCUT2D eigenvalue weighted by atomic mass is 10.2. The molecule has 0 saturated heterocycles. The highest BCUT2D eigenvalue weighted by molar-refractivity contribution is 6.33. The van der Waals surface area contributed by atoms with Gasteiger partial charge in [0.1, 0.15) is 11.3 Å². The predicted molar refractivity (Wildman–Crippen MR) is 49.5 cm³/mol. The van der Waals surface area contributed by atoms with Gasteiger partial charge in [0.05, 0.1) is 10.7 Å². The van der Waals surface area contributed by atoms with Crippen LogP contribution in [0.4, 0.5) is 14.5 Å². The number of carbonyl (C=O) groups is 1. The quantitative estimate of drug-likeness (QED) is 0.791. The molecule has 0 aliphatic heterocycles. The zero-order valence-electron chi connectivity index (χ0n) is 7.21. The minimum absolute atomic E-state index is 0.0303. The normalized spacial score (nSPS) is 10.4. The third-order valence-electron chi connectivity index (χ3n) is 1.55. The molecule has 0 saturated carbocycles. The van der Waals surface area contributed by atoms with Crippen LogP contribution in [0.2, 0.25) is 5.02 Å². The number of benzene rings is 1. The van der Waals surface area contributed by atoms with E-state index in [0.29, 0.717) is 0 Å². The number of hydrogen-bond donors (Lipinski definition) is 2. The third kappa shape index (κ3) is 2.69. The van der Waals surface area contributed by atoms with Crippen LogP contribution in [-0.2, 0) is 0 Å². The number of halogens is 3. The summed E-state index contributed by atoms with van der Waals surface area (Å²) in [7, 11) is 0. The Balaban J connectivity index is 3.22. The van der Waals surface area contributed by atoms with E-state index in [0.717, 1.165) is 12.1 Å². The van der Waals surface area contributed by atoms with Crippen LogP contribution in [0.1, 0.15) is 10.4 Å². The topological polar surface area (TPSA) is 72.5 Å². The monoisotopic (exact) mass is 237 g/mol. The van der Waals surface area contributed by atoms with Crippen molar-refractivity contribution in [2.75, 3.05) is 5.73 Å². The van der Waals surface area contributed by atoms with Gasteiger partial charge in [-0.05, 0) is 6.07 Å². The molecule has 3 N–H and O–H groups in total. The number of carboxylic acid groups (broad SMARTS) is 1. The maximum atomic E-state index is 11.9. The Morgan fingerprint density at radius 1 is 1.53 bits per heavy atom. The minimum atomic E-state index is -3.12. The number of aromatic carboxylic acids is 1. The molecular weight excluding hydrogens is 232 g/mol. The number of nitrogens with two attached hydrogens (primary N) is 1. The molecule has 0 heterocycles. The molecule has 82 valence electrons. The Bertz CT molecular complexity index is 398. The molecule has 0 spiro atoms. The van der Waals surface area contributed by atoms with Gasteiger partial charge in [0.2, 0.25) is 0 Å². The van der Waals surface area contributed by atoms with E-state index in [1.54, 1.807) is 0 Å². The molecule has 1 aromatic carbocycles. The summed E-state index contributed by atoms with van der Waals surface area (Å²) in [5.74, 6) is -1.94. The van der Waals surface area contributed by atoms with E-state index in [9.17, 15) is 13.6 Å². The van der Waals surface area contributed by atoms with E-state index < -0.39 is 23.9 Å². The Kier molecular flexibility index (Phi) is 3.31. The fourth-order valence-corrected chi connectivity index (χ4v) is 1.09. The first kappa shape index (κ1) is 11.5. The van der Waals surface area contributed by atoms with E-state index >= 15 is 0 Å². The van der Waals surface area contributed by atoms with Gasteiger partial charge in [-0.15, -0.1) is 0 Å². The second-order valence-electron chi connectivity index (χ2n) is 2.55. The molecular formula is C8H6ClF2NO3. The van der Waals surface area contributed by atoms with E-state index in [1.165, 1.54) is 0 Å². The van der Waals surface area contributed by atoms with Gasteiger partial charge in [-0.1, -0.05) is 11.6 Å². The molecule has 0 atom stereocenters. The van der Waals surface area contributed by atoms with Crippen LogP contribution in [0.25, 0.3) is 0 Å². The number of nitrogen functional groups attached to an aromatic ring is 1. The first-order valence-corrected chi connectivity index (χ1v) is 4.06. The van der Waals surface area contributed by atoms with Gasteiger partial charge in [-0.2, -0.15) is 8.78 Å². The number of anilines is 1. The highest BCUT2D eigenvalue weighted by Crippen LogP contribution is 2.29. The van der Waals surface area contributed by atoms with Gasteiger partial charge in [0.15, 0.2) is 0 Å². The largest absolute Gasteiger partial charge is 0.478 e. The molecule has 0 unspecified atom stereocenters. The molecule has 1 rings (SSSR count). The van der Waals surface area contributed by atoms with Crippen molar-refractivity contribution in [1.82, 2.24) is 0 Å². The summed E-state index contributed by atoms with van der Waals surface area (Å²) in [5.41, 5.74) is 4.82. The highest BCUT2D eigenvalue weighted by atomic mass is 35.5. The van der Waals surface area contributed by atoms with Crippen molar-refractivity contribution in [1.29, 1.82) is 0 Å². The van der Waals surface area contributed by atoms with E-state index in [4.69, 9.17) is 22.4 Å². The van der Waals surface area contributed by atoms with Crippen molar-refractivity contribution in [3.05, 3.63) is 22.7 Å². The summed E-state index contributed by atoms with van der Waals surface area (Å²) in [6.07, 6.45) is 0. The molecule has 0 aliphatic carbocycles. The van der Waals surface area contributed by atoms with Gasteiger partial charge in [0.25, 0.3) is 0 Å². The van der Waals surface area contributed by atoms with E-state index in [1.807, 2.05) is 0 Å². The lowest BCUT2D eigenvalue weighted by Gasteiger charge is -2.09. The van der Waals surface area contributed by atoms with Crippen LogP contribution >= 0.6 is 11.6 Å². The minimum Gasteiger partial charge on any atom is -0.478 e. The first-order valence-electron chi connectivity index (χ1n) is 3.69. The first-order chi connectivity index (χ1) is 6.91.